The van der Waals surface area contributed by atoms with Crippen LogP contribution in [-0.4, -0.2) is 58.6 Å². The number of aromatic carboxylic acids is 1. The van der Waals surface area contributed by atoms with Crippen LogP contribution in [0, 0.1) is 24.2 Å². The summed E-state index contributed by atoms with van der Waals surface area (Å²) >= 11 is 0. The molecule has 7 heteroatoms. The normalized spacial score (nSPS) is 29.7. The average molecular weight is 478 g/mol. The number of H-pyrrole nitrogens is 1. The minimum atomic E-state index is -1.74. The first-order valence-electron chi connectivity index (χ1n) is 12.3. The third-order valence-electron chi connectivity index (χ3n) is 9.03. The van der Waals surface area contributed by atoms with Gasteiger partial charge in [-0.15, -0.1) is 0 Å². The van der Waals surface area contributed by atoms with Crippen LogP contribution >= 0.6 is 0 Å². The number of alkyl halides is 1. The highest BCUT2D eigenvalue weighted by atomic mass is 19.1. The van der Waals surface area contributed by atoms with Gasteiger partial charge in [-0.05, 0) is 54.0 Å². The number of carbonyl (C=O) groups is 1. The Hall–Kier alpha value is -2.90. The van der Waals surface area contributed by atoms with Crippen molar-refractivity contribution in [3.05, 3.63) is 64.8 Å². The summed E-state index contributed by atoms with van der Waals surface area (Å²) in [6.07, 6.45) is 1.92. The molecular weight excluding hydrogens is 445 g/mol. The maximum Gasteiger partial charge on any atom is 0.335 e. The lowest BCUT2D eigenvalue weighted by atomic mass is 9.91. The summed E-state index contributed by atoms with van der Waals surface area (Å²) in [6, 6.07) is 10.6. The number of carboxylic acid groups (broad SMARTS) is 1. The number of hydrogen-bond donors (Lipinski definition) is 2. The van der Waals surface area contributed by atoms with Crippen LogP contribution in [-0.2, 0) is 12.3 Å². The van der Waals surface area contributed by atoms with Crippen LogP contribution in [0.4, 0.5) is 4.39 Å². The van der Waals surface area contributed by atoms with Crippen molar-refractivity contribution < 1.29 is 19.0 Å². The maximum absolute atomic E-state index is 17.3. The summed E-state index contributed by atoms with van der Waals surface area (Å²) in [5, 5.41) is 10.4. The Labute approximate surface area is 204 Å². The van der Waals surface area contributed by atoms with Gasteiger partial charge in [0.15, 0.2) is 0 Å². The van der Waals surface area contributed by atoms with Crippen molar-refractivity contribution in [1.29, 1.82) is 0 Å². The summed E-state index contributed by atoms with van der Waals surface area (Å²) in [6.45, 7) is 8.92. The number of piperazine rings is 1. The molecule has 0 unspecified atom stereocenters. The van der Waals surface area contributed by atoms with Crippen LogP contribution in [0.3, 0.4) is 0 Å². The molecule has 1 aliphatic carbocycles. The molecule has 6 rings (SSSR count). The minimum absolute atomic E-state index is 0.163. The first-order chi connectivity index (χ1) is 16.6. The van der Waals surface area contributed by atoms with Crippen molar-refractivity contribution in [1.82, 2.24) is 14.8 Å². The lowest BCUT2D eigenvalue weighted by Gasteiger charge is -2.49. The number of methoxy groups -OCH3 is 1. The van der Waals surface area contributed by atoms with Crippen LogP contribution < -0.4 is 4.74 Å². The van der Waals surface area contributed by atoms with Crippen LogP contribution in [0.25, 0.3) is 10.9 Å². The average Bonchev–Trinajstić information content (AvgIpc) is 3.23. The van der Waals surface area contributed by atoms with E-state index in [1.54, 1.807) is 19.2 Å². The predicted octanol–water partition coefficient (Wildman–Crippen LogP) is 4.78. The topological polar surface area (TPSA) is 68.8 Å². The number of nitrogens with zero attached hydrogens (tertiary/aromatic N) is 2. The summed E-state index contributed by atoms with van der Waals surface area (Å²) in [4.78, 5) is 19.0. The Morgan fingerprint density at radius 1 is 1.23 bits per heavy atom. The summed E-state index contributed by atoms with van der Waals surface area (Å²) in [5.41, 5.74) is 4.06. The number of hydrogen-bond acceptors (Lipinski definition) is 4. The number of aromatic nitrogens is 1. The van der Waals surface area contributed by atoms with Crippen molar-refractivity contribution in [3.8, 4) is 5.75 Å². The zero-order chi connectivity index (χ0) is 24.7. The summed E-state index contributed by atoms with van der Waals surface area (Å²) in [5.74, 6) is -0.803. The third kappa shape index (κ3) is 3.24. The molecule has 3 aliphatic rings. The van der Waals surface area contributed by atoms with Gasteiger partial charge in [-0.25, -0.2) is 9.18 Å². The molecule has 2 aromatic carbocycles. The summed E-state index contributed by atoms with van der Waals surface area (Å²) in [7, 11) is 1.66. The van der Waals surface area contributed by atoms with Crippen LogP contribution in [0.5, 0.6) is 5.75 Å². The molecule has 184 valence electrons. The zero-order valence-electron chi connectivity index (χ0n) is 20.6. The second-order valence-corrected chi connectivity index (χ2v) is 11.1. The number of rotatable bonds is 5. The number of carboxylic acids is 1. The Morgan fingerprint density at radius 3 is 2.66 bits per heavy atom. The molecule has 2 saturated heterocycles. The molecule has 1 aromatic heterocycles. The molecule has 0 bridgehead atoms. The maximum atomic E-state index is 17.3. The van der Waals surface area contributed by atoms with E-state index in [0.29, 0.717) is 41.9 Å². The van der Waals surface area contributed by atoms with E-state index in [0.717, 1.165) is 34.3 Å². The molecule has 2 aliphatic heterocycles. The zero-order valence-corrected chi connectivity index (χ0v) is 20.6. The van der Waals surface area contributed by atoms with E-state index in [-0.39, 0.29) is 12.1 Å². The van der Waals surface area contributed by atoms with Crippen molar-refractivity contribution in [2.45, 2.75) is 39.2 Å². The van der Waals surface area contributed by atoms with Gasteiger partial charge in [0.1, 0.15) is 5.75 Å². The number of fused-ring (bicyclic) bond motifs is 4. The van der Waals surface area contributed by atoms with E-state index < -0.39 is 11.8 Å². The number of benzene rings is 2. The van der Waals surface area contributed by atoms with Crippen molar-refractivity contribution in [2.75, 3.05) is 26.7 Å². The Morgan fingerprint density at radius 2 is 1.97 bits per heavy atom. The largest absolute Gasteiger partial charge is 0.496 e. The van der Waals surface area contributed by atoms with E-state index in [4.69, 9.17) is 4.74 Å². The fraction of sp³-hybridized carbons (Fsp3) is 0.464. The fourth-order valence-electron chi connectivity index (χ4n) is 6.97. The molecule has 2 N–H and O–H groups in total. The first kappa shape index (κ1) is 22.6. The molecule has 6 nitrogen and oxygen atoms in total. The molecule has 3 aromatic rings. The molecule has 3 fully saturated rings. The van der Waals surface area contributed by atoms with Gasteiger partial charge in [0.2, 0.25) is 5.79 Å². The van der Waals surface area contributed by atoms with Gasteiger partial charge in [0, 0.05) is 53.9 Å². The van der Waals surface area contributed by atoms with Crippen molar-refractivity contribution >= 4 is 16.9 Å². The van der Waals surface area contributed by atoms with E-state index in [1.165, 1.54) is 12.1 Å². The van der Waals surface area contributed by atoms with E-state index in [9.17, 15) is 9.90 Å². The second kappa shape index (κ2) is 7.55. The number of ether oxygens (including phenoxy) is 1. The van der Waals surface area contributed by atoms with Crippen LogP contribution in [0.2, 0.25) is 0 Å². The highest BCUT2D eigenvalue weighted by Gasteiger charge is 2.69. The van der Waals surface area contributed by atoms with Gasteiger partial charge >= 0.3 is 5.97 Å². The second-order valence-electron chi connectivity index (χ2n) is 11.1. The minimum Gasteiger partial charge on any atom is -0.496 e. The Kier molecular flexibility index (Phi) is 4.86. The van der Waals surface area contributed by atoms with Gasteiger partial charge in [-0.1, -0.05) is 26.0 Å². The quantitative estimate of drug-likeness (QED) is 0.518. The molecular formula is C28H32FN3O3. The van der Waals surface area contributed by atoms with Crippen molar-refractivity contribution in [2.24, 2.45) is 17.3 Å². The van der Waals surface area contributed by atoms with Crippen LogP contribution in [0.1, 0.15) is 40.9 Å². The van der Waals surface area contributed by atoms with Gasteiger partial charge in [0.05, 0.1) is 19.2 Å². The van der Waals surface area contributed by atoms with E-state index in [2.05, 4.69) is 23.7 Å². The molecule has 0 amide bonds. The van der Waals surface area contributed by atoms with Gasteiger partial charge < -0.3 is 14.8 Å². The molecule has 3 heterocycles. The number of nitrogens with one attached hydrogen (secondary N) is 1. The third-order valence-corrected chi connectivity index (χ3v) is 9.03. The standard InChI is InChI=1S/C28H32FN3O3/c1-16-11-23(35-4)20(19-9-10-30-25(16)19)12-32-14-22-24-21(27(24,2)3)13-31(22)15-28(32,29)18-7-5-17(6-8-18)26(33)34/h5-11,21-22,24,30H,12-15H2,1-4H3,(H,33,34)/t21-,22+,24-,28+/m0/s1. The lowest BCUT2D eigenvalue weighted by Crippen LogP contribution is -2.61. The highest BCUT2D eigenvalue weighted by Crippen LogP contribution is 2.66. The monoisotopic (exact) mass is 477 g/mol. The smallest absolute Gasteiger partial charge is 0.335 e. The number of piperidine rings is 1. The molecule has 0 spiro atoms. The van der Waals surface area contributed by atoms with Gasteiger partial charge in [0.25, 0.3) is 0 Å². The SMILES string of the molecule is COc1cc(C)c2[nH]ccc2c1CN1C[C@@H]2[C@@H]3[C@H](CN2C[C@]1(F)c1ccc(C(=O)O)cc1)C3(C)C. The number of aryl methyl sites for hydroxylation is 1. The molecule has 4 atom stereocenters. The Balaban J connectivity index is 1.43. The van der Waals surface area contributed by atoms with Gasteiger partial charge in [-0.2, -0.15) is 0 Å². The molecule has 0 radical (unpaired) electrons. The van der Waals surface area contributed by atoms with Crippen molar-refractivity contribution in [3.63, 3.8) is 0 Å². The Bertz CT molecular complexity index is 1320. The predicted molar refractivity (Wildman–Crippen MR) is 132 cm³/mol. The molecule has 1 saturated carbocycles. The fourth-order valence-corrected chi connectivity index (χ4v) is 6.97. The number of halogens is 1. The van der Waals surface area contributed by atoms with E-state index >= 15 is 4.39 Å². The van der Waals surface area contributed by atoms with E-state index in [1.807, 2.05) is 30.2 Å². The summed E-state index contributed by atoms with van der Waals surface area (Å²) < 4.78 is 23.1. The number of aromatic amines is 1. The van der Waals surface area contributed by atoms with Gasteiger partial charge in [-0.3, -0.25) is 9.80 Å². The molecule has 35 heavy (non-hydrogen) atoms. The van der Waals surface area contributed by atoms with Crippen LogP contribution in [0.15, 0.2) is 42.6 Å². The highest BCUT2D eigenvalue weighted by molar-refractivity contribution is 5.88. The first-order valence-corrected chi connectivity index (χ1v) is 12.3. The lowest BCUT2D eigenvalue weighted by molar-refractivity contribution is -0.125.